The molecular weight excluding hydrogens is 366 g/mol. The van der Waals surface area contributed by atoms with Crippen molar-refractivity contribution in [2.75, 3.05) is 7.11 Å². The molecule has 0 radical (unpaired) electrons. The predicted molar refractivity (Wildman–Crippen MR) is 111 cm³/mol. The van der Waals surface area contributed by atoms with E-state index in [1.165, 1.54) is 0 Å². The van der Waals surface area contributed by atoms with Gasteiger partial charge in [-0.3, -0.25) is 4.79 Å². The summed E-state index contributed by atoms with van der Waals surface area (Å²) >= 11 is 0. The molecule has 1 aromatic carbocycles. The third-order valence-corrected chi connectivity index (χ3v) is 4.82. The summed E-state index contributed by atoms with van der Waals surface area (Å²) in [7, 11) is 1.62. The molecule has 3 aromatic heterocycles. The second kappa shape index (κ2) is 7.79. The van der Waals surface area contributed by atoms with E-state index in [1.54, 1.807) is 11.8 Å². The molecule has 0 bridgehead atoms. The number of amides is 1. The fourth-order valence-electron chi connectivity index (χ4n) is 3.49. The number of ether oxygens (including phenoxy) is 1. The van der Waals surface area contributed by atoms with Gasteiger partial charge in [0.2, 0.25) is 5.91 Å². The van der Waals surface area contributed by atoms with Crippen LogP contribution in [0.1, 0.15) is 16.8 Å². The summed E-state index contributed by atoms with van der Waals surface area (Å²) in [6.07, 6.45) is 3.88. The van der Waals surface area contributed by atoms with Crippen molar-refractivity contribution in [3.63, 3.8) is 0 Å². The van der Waals surface area contributed by atoms with Crippen LogP contribution in [0.5, 0.6) is 5.75 Å². The van der Waals surface area contributed by atoms with Crippen LogP contribution < -0.4 is 10.1 Å². The minimum absolute atomic E-state index is 0.0861. The zero-order valence-corrected chi connectivity index (χ0v) is 16.7. The number of hydrogen-bond acceptors (Lipinski definition) is 4. The van der Waals surface area contributed by atoms with Crippen molar-refractivity contribution in [1.29, 1.82) is 0 Å². The lowest BCUT2D eigenvalue weighted by atomic mass is 10.2. The van der Waals surface area contributed by atoms with E-state index in [-0.39, 0.29) is 12.5 Å². The van der Waals surface area contributed by atoms with Crippen molar-refractivity contribution in [2.24, 2.45) is 0 Å². The summed E-state index contributed by atoms with van der Waals surface area (Å²) in [5.74, 6) is 1.38. The molecule has 7 nitrogen and oxygen atoms in total. The number of benzene rings is 1. The Bertz CT molecular complexity index is 1160. The SMILES string of the molecule is COc1ccccc1CNC(=O)Cn1nc(-n2cccc2)c2c(C)cc(C)nc21. The Labute approximate surface area is 168 Å². The number of hydrogen-bond donors (Lipinski definition) is 1. The molecular formula is C22H23N5O2. The summed E-state index contributed by atoms with van der Waals surface area (Å²) in [5, 5.41) is 8.59. The third-order valence-electron chi connectivity index (χ3n) is 4.82. The second-order valence-electron chi connectivity index (χ2n) is 6.94. The van der Waals surface area contributed by atoms with E-state index >= 15 is 0 Å². The first kappa shape index (κ1) is 18.7. The van der Waals surface area contributed by atoms with Crippen LogP contribution in [0, 0.1) is 13.8 Å². The van der Waals surface area contributed by atoms with Gasteiger partial charge in [-0.25, -0.2) is 9.67 Å². The van der Waals surface area contributed by atoms with E-state index in [9.17, 15) is 4.79 Å². The number of aryl methyl sites for hydroxylation is 2. The fourth-order valence-corrected chi connectivity index (χ4v) is 3.49. The van der Waals surface area contributed by atoms with Crippen LogP contribution in [0.25, 0.3) is 16.9 Å². The second-order valence-corrected chi connectivity index (χ2v) is 6.94. The highest BCUT2D eigenvalue weighted by atomic mass is 16.5. The topological polar surface area (TPSA) is 74.0 Å². The summed E-state index contributed by atoms with van der Waals surface area (Å²) in [5.41, 5.74) is 3.60. The Kier molecular flexibility index (Phi) is 5.03. The third kappa shape index (κ3) is 3.71. The number of carbonyl (C=O) groups excluding carboxylic acids is 1. The average Bonchev–Trinajstić information content (AvgIpc) is 3.35. The molecule has 0 fully saturated rings. The highest BCUT2D eigenvalue weighted by Crippen LogP contribution is 2.25. The first-order valence-electron chi connectivity index (χ1n) is 9.43. The number of nitrogens with one attached hydrogen (secondary N) is 1. The van der Waals surface area contributed by atoms with Crippen LogP contribution in [0.2, 0.25) is 0 Å². The van der Waals surface area contributed by atoms with Gasteiger partial charge in [-0.15, -0.1) is 0 Å². The monoisotopic (exact) mass is 389 g/mol. The van der Waals surface area contributed by atoms with E-state index < -0.39 is 0 Å². The van der Waals surface area contributed by atoms with Crippen molar-refractivity contribution >= 4 is 16.9 Å². The average molecular weight is 389 g/mol. The molecule has 0 aliphatic carbocycles. The Hall–Kier alpha value is -3.61. The first-order chi connectivity index (χ1) is 14.1. The maximum Gasteiger partial charge on any atom is 0.242 e. The van der Waals surface area contributed by atoms with Gasteiger partial charge in [0.05, 0.1) is 12.5 Å². The minimum Gasteiger partial charge on any atom is -0.496 e. The van der Waals surface area contributed by atoms with Crippen LogP contribution in [0.15, 0.2) is 54.9 Å². The molecule has 1 amide bonds. The van der Waals surface area contributed by atoms with E-state index in [4.69, 9.17) is 9.84 Å². The zero-order valence-electron chi connectivity index (χ0n) is 16.7. The molecule has 29 heavy (non-hydrogen) atoms. The molecule has 1 N–H and O–H groups in total. The predicted octanol–water partition coefficient (Wildman–Crippen LogP) is 3.16. The van der Waals surface area contributed by atoms with Gasteiger partial charge in [-0.2, -0.15) is 5.10 Å². The van der Waals surface area contributed by atoms with Crippen LogP contribution in [0.4, 0.5) is 0 Å². The standard InChI is InChI=1S/C22H23N5O2/c1-15-12-16(2)24-21-20(15)22(26-10-6-7-11-26)25-27(21)14-19(28)23-13-17-8-4-5-9-18(17)29-3/h4-12H,13-14H2,1-3H3,(H,23,28). The molecule has 148 valence electrons. The van der Waals surface area contributed by atoms with Gasteiger partial charge in [0.25, 0.3) is 0 Å². The highest BCUT2D eigenvalue weighted by molar-refractivity contribution is 5.88. The van der Waals surface area contributed by atoms with Crippen molar-refractivity contribution < 1.29 is 9.53 Å². The van der Waals surface area contributed by atoms with Crippen LogP contribution >= 0.6 is 0 Å². The van der Waals surface area contributed by atoms with Gasteiger partial charge in [0, 0.05) is 30.2 Å². The van der Waals surface area contributed by atoms with Crippen molar-refractivity contribution in [3.8, 4) is 11.6 Å². The zero-order chi connectivity index (χ0) is 20.4. The van der Waals surface area contributed by atoms with Gasteiger partial charge in [0.15, 0.2) is 11.5 Å². The Morgan fingerprint density at radius 3 is 2.66 bits per heavy atom. The Morgan fingerprint density at radius 1 is 1.14 bits per heavy atom. The maximum atomic E-state index is 12.6. The molecule has 7 heteroatoms. The molecule has 0 aliphatic heterocycles. The lowest BCUT2D eigenvalue weighted by Gasteiger charge is -2.10. The lowest BCUT2D eigenvalue weighted by Crippen LogP contribution is -2.27. The van der Waals surface area contributed by atoms with Gasteiger partial charge in [0.1, 0.15) is 12.3 Å². The number of fused-ring (bicyclic) bond motifs is 1. The maximum absolute atomic E-state index is 12.6. The normalized spacial score (nSPS) is 11.0. The molecule has 0 spiro atoms. The van der Waals surface area contributed by atoms with E-state index in [1.807, 2.05) is 73.3 Å². The molecule has 0 saturated carbocycles. The van der Waals surface area contributed by atoms with Crippen LogP contribution in [-0.2, 0) is 17.9 Å². The number of pyridine rings is 1. The number of para-hydroxylation sites is 1. The van der Waals surface area contributed by atoms with Crippen molar-refractivity contribution in [2.45, 2.75) is 26.9 Å². The van der Waals surface area contributed by atoms with Gasteiger partial charge >= 0.3 is 0 Å². The van der Waals surface area contributed by atoms with Gasteiger partial charge in [-0.05, 0) is 43.7 Å². The molecule has 4 aromatic rings. The summed E-state index contributed by atoms with van der Waals surface area (Å²) in [6, 6.07) is 13.6. The van der Waals surface area contributed by atoms with E-state index in [0.29, 0.717) is 12.2 Å². The summed E-state index contributed by atoms with van der Waals surface area (Å²) in [4.78, 5) is 17.3. The first-order valence-corrected chi connectivity index (χ1v) is 9.43. The molecule has 0 unspecified atom stereocenters. The number of carbonyl (C=O) groups is 1. The number of methoxy groups -OCH3 is 1. The molecule has 0 aliphatic rings. The Morgan fingerprint density at radius 2 is 1.90 bits per heavy atom. The van der Waals surface area contributed by atoms with Gasteiger partial charge in [-0.1, -0.05) is 18.2 Å². The van der Waals surface area contributed by atoms with Crippen molar-refractivity contribution in [3.05, 3.63) is 71.7 Å². The fraction of sp³-hybridized carbons (Fsp3) is 0.227. The Balaban J connectivity index is 1.61. The van der Waals surface area contributed by atoms with E-state index in [2.05, 4.69) is 10.3 Å². The number of aromatic nitrogens is 4. The highest BCUT2D eigenvalue weighted by Gasteiger charge is 2.18. The quantitative estimate of drug-likeness (QED) is 0.550. The lowest BCUT2D eigenvalue weighted by molar-refractivity contribution is -0.121. The number of rotatable bonds is 6. The molecule has 4 rings (SSSR count). The largest absolute Gasteiger partial charge is 0.496 e. The van der Waals surface area contributed by atoms with E-state index in [0.717, 1.165) is 33.8 Å². The van der Waals surface area contributed by atoms with Gasteiger partial charge < -0.3 is 14.6 Å². The summed E-state index contributed by atoms with van der Waals surface area (Å²) < 4.78 is 8.95. The van der Waals surface area contributed by atoms with Crippen LogP contribution in [-0.4, -0.2) is 32.3 Å². The minimum atomic E-state index is -0.139. The summed E-state index contributed by atoms with van der Waals surface area (Å²) in [6.45, 7) is 4.46. The molecule has 0 atom stereocenters. The molecule has 0 saturated heterocycles. The number of nitrogens with zero attached hydrogens (tertiary/aromatic N) is 4. The smallest absolute Gasteiger partial charge is 0.242 e. The van der Waals surface area contributed by atoms with Crippen LogP contribution in [0.3, 0.4) is 0 Å². The van der Waals surface area contributed by atoms with Crippen molar-refractivity contribution in [1.82, 2.24) is 24.6 Å². The molecule has 3 heterocycles.